The summed E-state index contributed by atoms with van der Waals surface area (Å²) in [5.41, 5.74) is 0. The first-order chi connectivity index (χ1) is 29.1. The van der Waals surface area contributed by atoms with Crippen molar-refractivity contribution >= 4 is 13.8 Å². The highest BCUT2D eigenvalue weighted by molar-refractivity contribution is 7.45. The van der Waals surface area contributed by atoms with Crippen molar-refractivity contribution in [2.24, 2.45) is 0 Å². The van der Waals surface area contributed by atoms with E-state index in [0.717, 1.165) is 70.6 Å². The predicted octanol–water partition coefficient (Wildman–Crippen LogP) is 14.3. The zero-order valence-electron chi connectivity index (χ0n) is 39.6. The van der Waals surface area contributed by atoms with Crippen LogP contribution in [0.25, 0.3) is 0 Å². The average Bonchev–Trinajstić information content (AvgIpc) is 3.20. The highest BCUT2D eigenvalue weighted by Crippen LogP contribution is 2.38. The minimum Gasteiger partial charge on any atom is -0.756 e. The van der Waals surface area contributed by atoms with Crippen LogP contribution in [0.2, 0.25) is 0 Å². The van der Waals surface area contributed by atoms with Gasteiger partial charge in [-0.25, -0.2) is 0 Å². The summed E-state index contributed by atoms with van der Waals surface area (Å²) in [6, 6.07) is 0. The van der Waals surface area contributed by atoms with E-state index in [4.69, 9.17) is 18.5 Å². The van der Waals surface area contributed by atoms with Gasteiger partial charge in [-0.1, -0.05) is 171 Å². The number of likely N-dealkylation sites (N-methyl/N-ethyl adjacent to an activating group) is 1. The standard InChI is InChI=1S/C51H94NO7P/c1-6-8-10-12-14-16-18-20-22-24-26-27-29-31-33-35-37-39-41-43-46-56-48-50(49-58-60(54,55)57-47-45-52(3,4)5)59-51(53)44-42-40-38-36-34-32-30-28-25-23-21-19-17-15-13-11-9-7-2/h14,16-17,19-20,22-23,25-27,50H,6-13,15,18,21,24,28-49H2,1-5H3/b16-14-,19-17-,22-20-,25-23-,27-26-. The number of allylic oxidation sites excluding steroid dienone is 10. The molecule has 0 aliphatic heterocycles. The number of carbonyl (C=O) groups excluding carboxylic acids is 1. The van der Waals surface area contributed by atoms with Gasteiger partial charge >= 0.3 is 5.97 Å². The van der Waals surface area contributed by atoms with Crippen LogP contribution in [0.15, 0.2) is 60.8 Å². The molecule has 0 N–H and O–H groups in total. The summed E-state index contributed by atoms with van der Waals surface area (Å²) in [6.45, 7) is 5.34. The molecule has 0 saturated carbocycles. The first-order valence-corrected chi connectivity index (χ1v) is 26.0. The van der Waals surface area contributed by atoms with E-state index >= 15 is 0 Å². The van der Waals surface area contributed by atoms with Gasteiger partial charge in [-0.3, -0.25) is 9.36 Å². The lowest BCUT2D eigenvalue weighted by Gasteiger charge is -2.28. The van der Waals surface area contributed by atoms with Crippen LogP contribution >= 0.6 is 7.82 Å². The maximum absolute atomic E-state index is 12.7. The Hall–Kier alpha value is -1.80. The van der Waals surface area contributed by atoms with E-state index in [0.29, 0.717) is 24.1 Å². The first-order valence-electron chi connectivity index (χ1n) is 24.5. The minimum atomic E-state index is -4.54. The summed E-state index contributed by atoms with van der Waals surface area (Å²) >= 11 is 0. The summed E-state index contributed by atoms with van der Waals surface area (Å²) in [7, 11) is 1.34. The van der Waals surface area contributed by atoms with Crippen LogP contribution in [0, 0.1) is 0 Å². The van der Waals surface area contributed by atoms with E-state index in [1.807, 2.05) is 21.1 Å². The van der Waals surface area contributed by atoms with Gasteiger partial charge in [0.15, 0.2) is 0 Å². The van der Waals surface area contributed by atoms with Gasteiger partial charge in [-0.2, -0.15) is 0 Å². The Balaban J connectivity index is 4.22. The molecule has 0 spiro atoms. The van der Waals surface area contributed by atoms with Crippen molar-refractivity contribution in [1.29, 1.82) is 0 Å². The minimum absolute atomic E-state index is 0.0199. The number of phosphoric acid groups is 1. The molecule has 2 atom stereocenters. The quantitative estimate of drug-likeness (QED) is 0.0198. The SMILES string of the molecule is CCCCC/C=C\C/C=C\C/C=C\CCCCCCCCCOCC(COP(=O)([O-])OCC[N+](C)(C)C)OC(=O)CCCCCCCCC/C=C\C/C=C\CCCCCC. The Bertz CT molecular complexity index is 1140. The van der Waals surface area contributed by atoms with Crippen molar-refractivity contribution < 1.29 is 37.3 Å². The fourth-order valence-corrected chi connectivity index (χ4v) is 7.19. The smallest absolute Gasteiger partial charge is 0.306 e. The molecule has 350 valence electrons. The highest BCUT2D eigenvalue weighted by Gasteiger charge is 2.20. The van der Waals surface area contributed by atoms with Crippen molar-refractivity contribution in [2.75, 3.05) is 54.1 Å². The third-order valence-electron chi connectivity index (χ3n) is 10.3. The second-order valence-electron chi connectivity index (χ2n) is 17.5. The molecule has 0 radical (unpaired) electrons. The number of nitrogens with zero attached hydrogens (tertiary/aromatic N) is 1. The second kappa shape index (κ2) is 43.8. The van der Waals surface area contributed by atoms with E-state index in [1.54, 1.807) is 0 Å². The van der Waals surface area contributed by atoms with Crippen LogP contribution in [0.5, 0.6) is 0 Å². The second-order valence-corrected chi connectivity index (χ2v) is 18.9. The Labute approximate surface area is 370 Å². The normalized spacial score (nSPS) is 14.2. The highest BCUT2D eigenvalue weighted by atomic mass is 31.2. The summed E-state index contributed by atoms with van der Waals surface area (Å²) < 4.78 is 34.7. The van der Waals surface area contributed by atoms with Gasteiger partial charge in [0.25, 0.3) is 7.82 Å². The Kier molecular flexibility index (Phi) is 42.5. The Morgan fingerprint density at radius 2 is 0.917 bits per heavy atom. The number of quaternary nitrogens is 1. The van der Waals surface area contributed by atoms with E-state index < -0.39 is 13.9 Å². The molecule has 0 rings (SSSR count). The lowest BCUT2D eigenvalue weighted by Crippen LogP contribution is -2.37. The molecular formula is C51H94NO7P. The van der Waals surface area contributed by atoms with Gasteiger partial charge in [-0.05, 0) is 83.5 Å². The summed E-state index contributed by atoms with van der Waals surface area (Å²) in [4.78, 5) is 25.1. The molecule has 0 amide bonds. The van der Waals surface area contributed by atoms with E-state index in [9.17, 15) is 14.3 Å². The van der Waals surface area contributed by atoms with Gasteiger partial charge in [0.05, 0.1) is 34.4 Å². The van der Waals surface area contributed by atoms with Crippen molar-refractivity contribution in [3.63, 3.8) is 0 Å². The number of hydrogen-bond acceptors (Lipinski definition) is 7. The number of unbranched alkanes of at least 4 members (excludes halogenated alkanes) is 21. The van der Waals surface area contributed by atoms with Gasteiger partial charge in [0.1, 0.15) is 19.3 Å². The zero-order valence-corrected chi connectivity index (χ0v) is 40.5. The van der Waals surface area contributed by atoms with Crippen molar-refractivity contribution in [2.45, 2.75) is 206 Å². The van der Waals surface area contributed by atoms with Crippen LogP contribution < -0.4 is 4.89 Å². The zero-order chi connectivity index (χ0) is 44.1. The molecule has 0 aliphatic carbocycles. The largest absolute Gasteiger partial charge is 0.756 e. The van der Waals surface area contributed by atoms with Crippen molar-refractivity contribution in [1.82, 2.24) is 0 Å². The van der Waals surface area contributed by atoms with Crippen LogP contribution in [0.3, 0.4) is 0 Å². The number of phosphoric ester groups is 1. The van der Waals surface area contributed by atoms with Crippen LogP contribution in [0.4, 0.5) is 0 Å². The number of esters is 1. The molecular weight excluding hydrogens is 770 g/mol. The van der Waals surface area contributed by atoms with Crippen LogP contribution in [-0.4, -0.2) is 70.7 Å². The molecule has 0 fully saturated rings. The summed E-state index contributed by atoms with van der Waals surface area (Å²) in [5.74, 6) is -0.346. The lowest BCUT2D eigenvalue weighted by atomic mass is 10.1. The van der Waals surface area contributed by atoms with Gasteiger partial charge in [0, 0.05) is 13.0 Å². The molecule has 9 heteroatoms. The first kappa shape index (κ1) is 58.2. The van der Waals surface area contributed by atoms with E-state index in [1.165, 1.54) is 109 Å². The molecule has 0 aromatic rings. The number of carbonyl (C=O) groups is 1. The van der Waals surface area contributed by atoms with E-state index in [-0.39, 0.29) is 25.8 Å². The predicted molar refractivity (Wildman–Crippen MR) is 254 cm³/mol. The van der Waals surface area contributed by atoms with Crippen LogP contribution in [-0.2, 0) is 27.9 Å². The Morgan fingerprint density at radius 3 is 1.40 bits per heavy atom. The number of rotatable bonds is 45. The Morgan fingerprint density at radius 1 is 0.517 bits per heavy atom. The molecule has 60 heavy (non-hydrogen) atoms. The molecule has 0 aromatic heterocycles. The van der Waals surface area contributed by atoms with Crippen molar-refractivity contribution in [3.8, 4) is 0 Å². The average molecular weight is 864 g/mol. The molecule has 0 heterocycles. The molecule has 2 unspecified atom stereocenters. The van der Waals surface area contributed by atoms with Gasteiger partial charge < -0.3 is 27.9 Å². The van der Waals surface area contributed by atoms with E-state index in [2.05, 4.69) is 74.6 Å². The molecule has 0 aliphatic rings. The van der Waals surface area contributed by atoms with Crippen molar-refractivity contribution in [3.05, 3.63) is 60.8 Å². The topological polar surface area (TPSA) is 94.1 Å². The van der Waals surface area contributed by atoms with Gasteiger partial charge in [0.2, 0.25) is 0 Å². The molecule has 0 aromatic carbocycles. The molecule has 0 saturated heterocycles. The maximum Gasteiger partial charge on any atom is 0.306 e. The third kappa shape index (κ3) is 47.3. The summed E-state index contributed by atoms with van der Waals surface area (Å²) in [5, 5.41) is 0. The van der Waals surface area contributed by atoms with Crippen LogP contribution in [0.1, 0.15) is 200 Å². The molecule has 0 bridgehead atoms. The molecule has 8 nitrogen and oxygen atoms in total. The fourth-order valence-electron chi connectivity index (χ4n) is 6.47. The van der Waals surface area contributed by atoms with Gasteiger partial charge in [-0.15, -0.1) is 0 Å². The number of hydrogen-bond donors (Lipinski definition) is 0. The monoisotopic (exact) mass is 864 g/mol. The summed E-state index contributed by atoms with van der Waals surface area (Å²) in [6.07, 6.45) is 55.2. The number of ether oxygens (including phenoxy) is 2. The third-order valence-corrected chi connectivity index (χ3v) is 11.3. The lowest BCUT2D eigenvalue weighted by molar-refractivity contribution is -0.870. The fraction of sp³-hybridized carbons (Fsp3) is 0.784. The maximum atomic E-state index is 12.7.